The summed E-state index contributed by atoms with van der Waals surface area (Å²) < 4.78 is 0. The van der Waals surface area contributed by atoms with E-state index in [1.807, 2.05) is 23.6 Å². The van der Waals surface area contributed by atoms with E-state index in [0.29, 0.717) is 18.9 Å². The first-order valence-corrected chi connectivity index (χ1v) is 7.48. The van der Waals surface area contributed by atoms with Crippen LogP contribution in [0.15, 0.2) is 35.0 Å². The Balaban J connectivity index is 1.84. The number of nitrogens with one attached hydrogen (secondary N) is 3. The van der Waals surface area contributed by atoms with Gasteiger partial charge < -0.3 is 11.1 Å². The number of carbonyl (C=O) groups excluding carboxylic acids is 1. The van der Waals surface area contributed by atoms with Gasteiger partial charge in [-0.15, -0.1) is 0 Å². The number of hydrogen-bond acceptors (Lipinski definition) is 4. The molecule has 5 N–H and O–H groups in total. The number of thiophene rings is 1. The molecular formula is C14H15N5OS. The lowest BCUT2D eigenvalue weighted by molar-refractivity contribution is 0.252. The standard InChI is InChI=1S/C14H15N5OS/c15-4-5-16-14(20)17-13-11-2-1-9(7-12(11)18-19-13)10-3-6-21-8-10/h1-3,6-8H,4-5,15H2,(H3,16,17,18,19,20). The Kier molecular flexibility index (Phi) is 3.85. The molecule has 0 radical (unpaired) electrons. The molecule has 2 aromatic heterocycles. The summed E-state index contributed by atoms with van der Waals surface area (Å²) in [7, 11) is 0. The van der Waals surface area contributed by atoms with E-state index in [1.54, 1.807) is 11.3 Å². The van der Waals surface area contributed by atoms with Crippen LogP contribution in [0.2, 0.25) is 0 Å². The third-order valence-corrected chi connectivity index (χ3v) is 3.76. The minimum atomic E-state index is -0.309. The molecule has 0 saturated carbocycles. The van der Waals surface area contributed by atoms with Crippen molar-refractivity contribution in [1.82, 2.24) is 15.5 Å². The van der Waals surface area contributed by atoms with Crippen molar-refractivity contribution < 1.29 is 4.79 Å². The number of aromatic amines is 1. The highest BCUT2D eigenvalue weighted by molar-refractivity contribution is 7.08. The van der Waals surface area contributed by atoms with Crippen LogP contribution in [0.3, 0.4) is 0 Å². The number of H-pyrrole nitrogens is 1. The second-order valence-corrected chi connectivity index (χ2v) is 5.29. The van der Waals surface area contributed by atoms with Crippen molar-refractivity contribution in [2.24, 2.45) is 5.73 Å². The van der Waals surface area contributed by atoms with Crippen LogP contribution in [-0.2, 0) is 0 Å². The summed E-state index contributed by atoms with van der Waals surface area (Å²) >= 11 is 1.66. The van der Waals surface area contributed by atoms with Gasteiger partial charge in [-0.1, -0.05) is 6.07 Å². The van der Waals surface area contributed by atoms with E-state index < -0.39 is 0 Å². The fourth-order valence-corrected chi connectivity index (χ4v) is 2.73. The van der Waals surface area contributed by atoms with Crippen LogP contribution in [0.4, 0.5) is 10.6 Å². The maximum absolute atomic E-state index is 11.6. The van der Waals surface area contributed by atoms with Crippen molar-refractivity contribution in [1.29, 1.82) is 0 Å². The van der Waals surface area contributed by atoms with Gasteiger partial charge in [0.2, 0.25) is 0 Å². The number of nitrogens with two attached hydrogens (primary N) is 1. The Hall–Kier alpha value is -2.38. The van der Waals surface area contributed by atoms with Gasteiger partial charge in [0.25, 0.3) is 0 Å². The summed E-state index contributed by atoms with van der Waals surface area (Å²) in [6, 6.07) is 7.75. The number of nitrogens with zero attached hydrogens (tertiary/aromatic N) is 1. The first-order valence-electron chi connectivity index (χ1n) is 6.53. The monoisotopic (exact) mass is 301 g/mol. The highest BCUT2D eigenvalue weighted by atomic mass is 32.1. The quantitative estimate of drug-likeness (QED) is 0.595. The Labute approximate surface area is 125 Å². The fraction of sp³-hybridized carbons (Fsp3) is 0.143. The minimum absolute atomic E-state index is 0.309. The fourth-order valence-electron chi connectivity index (χ4n) is 2.06. The molecule has 21 heavy (non-hydrogen) atoms. The number of hydrogen-bond donors (Lipinski definition) is 4. The van der Waals surface area contributed by atoms with E-state index in [1.165, 1.54) is 5.56 Å². The van der Waals surface area contributed by atoms with Crippen molar-refractivity contribution in [3.05, 3.63) is 35.0 Å². The molecule has 6 nitrogen and oxygen atoms in total. The normalized spacial score (nSPS) is 10.7. The van der Waals surface area contributed by atoms with Crippen LogP contribution >= 0.6 is 11.3 Å². The lowest BCUT2D eigenvalue weighted by Crippen LogP contribution is -2.33. The zero-order valence-corrected chi connectivity index (χ0v) is 12.0. The van der Waals surface area contributed by atoms with E-state index in [0.717, 1.165) is 16.5 Å². The Morgan fingerprint density at radius 2 is 2.24 bits per heavy atom. The first kappa shape index (κ1) is 13.6. The van der Waals surface area contributed by atoms with Gasteiger partial charge in [0.1, 0.15) is 0 Å². The molecule has 0 saturated heterocycles. The molecule has 2 heterocycles. The van der Waals surface area contributed by atoms with Crippen LogP contribution in [0, 0.1) is 0 Å². The molecule has 0 unspecified atom stereocenters. The number of rotatable bonds is 4. The van der Waals surface area contributed by atoms with Crippen molar-refractivity contribution in [3.8, 4) is 11.1 Å². The maximum atomic E-state index is 11.6. The molecule has 0 atom stereocenters. The third kappa shape index (κ3) is 2.88. The largest absolute Gasteiger partial charge is 0.337 e. The summed E-state index contributed by atoms with van der Waals surface area (Å²) in [6.45, 7) is 0.829. The Bertz CT molecular complexity index is 750. The molecule has 2 amide bonds. The average molecular weight is 301 g/mol. The smallest absolute Gasteiger partial charge is 0.320 e. The first-order chi connectivity index (χ1) is 10.3. The molecule has 0 aliphatic heterocycles. The highest BCUT2D eigenvalue weighted by Crippen LogP contribution is 2.28. The van der Waals surface area contributed by atoms with Gasteiger partial charge in [0.15, 0.2) is 5.82 Å². The summed E-state index contributed by atoms with van der Waals surface area (Å²) in [5, 5.41) is 17.4. The predicted octanol–water partition coefficient (Wildman–Crippen LogP) is 2.37. The Morgan fingerprint density at radius 3 is 3.00 bits per heavy atom. The molecule has 0 spiro atoms. The predicted molar refractivity (Wildman–Crippen MR) is 85.5 cm³/mol. The molecule has 1 aromatic carbocycles. The van der Waals surface area contributed by atoms with Crippen molar-refractivity contribution in [3.63, 3.8) is 0 Å². The van der Waals surface area contributed by atoms with Crippen molar-refractivity contribution in [2.45, 2.75) is 0 Å². The molecule has 0 bridgehead atoms. The number of carbonyl (C=O) groups is 1. The van der Waals surface area contributed by atoms with Gasteiger partial charge in [-0.3, -0.25) is 10.4 Å². The topological polar surface area (TPSA) is 95.8 Å². The maximum Gasteiger partial charge on any atom is 0.320 e. The van der Waals surface area contributed by atoms with Gasteiger partial charge >= 0.3 is 6.03 Å². The zero-order chi connectivity index (χ0) is 14.7. The van der Waals surface area contributed by atoms with Crippen LogP contribution in [0.5, 0.6) is 0 Å². The molecule has 3 rings (SSSR count). The third-order valence-electron chi connectivity index (χ3n) is 3.08. The zero-order valence-electron chi connectivity index (χ0n) is 11.2. The molecular weight excluding hydrogens is 286 g/mol. The minimum Gasteiger partial charge on any atom is -0.337 e. The second kappa shape index (κ2) is 5.94. The van der Waals surface area contributed by atoms with Crippen molar-refractivity contribution >= 4 is 34.1 Å². The molecule has 7 heteroatoms. The van der Waals surface area contributed by atoms with Crippen LogP contribution < -0.4 is 16.4 Å². The SMILES string of the molecule is NCCNC(=O)Nc1n[nH]c2cc(-c3ccsc3)ccc12. The van der Waals surface area contributed by atoms with E-state index in [9.17, 15) is 4.79 Å². The number of anilines is 1. The second-order valence-electron chi connectivity index (χ2n) is 4.51. The summed E-state index contributed by atoms with van der Waals surface area (Å²) in [4.78, 5) is 11.6. The lowest BCUT2D eigenvalue weighted by Gasteiger charge is -2.04. The van der Waals surface area contributed by atoms with Crippen molar-refractivity contribution in [2.75, 3.05) is 18.4 Å². The van der Waals surface area contributed by atoms with E-state index in [-0.39, 0.29) is 6.03 Å². The van der Waals surface area contributed by atoms with Gasteiger partial charge in [-0.25, -0.2) is 4.79 Å². The summed E-state index contributed by atoms with van der Waals surface area (Å²) in [6.07, 6.45) is 0. The van der Waals surface area contributed by atoms with Gasteiger partial charge in [-0.05, 0) is 40.1 Å². The average Bonchev–Trinajstić information content (AvgIpc) is 3.15. The van der Waals surface area contributed by atoms with Gasteiger partial charge in [0.05, 0.1) is 5.52 Å². The van der Waals surface area contributed by atoms with E-state index in [2.05, 4.69) is 32.3 Å². The molecule has 0 aliphatic rings. The van der Waals surface area contributed by atoms with Gasteiger partial charge in [0, 0.05) is 18.5 Å². The number of aromatic nitrogens is 2. The van der Waals surface area contributed by atoms with E-state index >= 15 is 0 Å². The number of benzene rings is 1. The number of amides is 2. The Morgan fingerprint density at radius 1 is 1.33 bits per heavy atom. The van der Waals surface area contributed by atoms with E-state index in [4.69, 9.17) is 5.73 Å². The number of urea groups is 1. The van der Waals surface area contributed by atoms with Crippen LogP contribution in [0.1, 0.15) is 0 Å². The van der Waals surface area contributed by atoms with Crippen LogP contribution in [-0.4, -0.2) is 29.3 Å². The molecule has 0 aliphatic carbocycles. The highest BCUT2D eigenvalue weighted by Gasteiger charge is 2.10. The summed E-state index contributed by atoms with van der Waals surface area (Å²) in [5.74, 6) is 0.511. The lowest BCUT2D eigenvalue weighted by atomic mass is 10.1. The molecule has 0 fully saturated rings. The number of fused-ring (bicyclic) bond motifs is 1. The molecule has 108 valence electrons. The summed E-state index contributed by atoms with van der Waals surface area (Å²) in [5.41, 5.74) is 8.51. The van der Waals surface area contributed by atoms with Gasteiger partial charge in [-0.2, -0.15) is 16.4 Å². The molecule has 3 aromatic rings. The van der Waals surface area contributed by atoms with Crippen LogP contribution in [0.25, 0.3) is 22.0 Å².